The van der Waals surface area contributed by atoms with Gasteiger partial charge in [0.05, 0.1) is 11.4 Å². The fourth-order valence-corrected chi connectivity index (χ4v) is 4.94. The van der Waals surface area contributed by atoms with Crippen LogP contribution in [0.3, 0.4) is 0 Å². The number of sulfonamides is 1. The molecular weight excluding hydrogens is 450 g/mol. The van der Waals surface area contributed by atoms with Crippen LogP contribution in [0.2, 0.25) is 0 Å². The maximum absolute atomic E-state index is 13.3. The molecule has 0 unspecified atom stereocenters. The summed E-state index contributed by atoms with van der Waals surface area (Å²) < 4.78 is 27.5. The summed E-state index contributed by atoms with van der Waals surface area (Å²) in [6.07, 6.45) is 0. The Morgan fingerprint density at radius 1 is 0.971 bits per heavy atom. The van der Waals surface area contributed by atoms with Gasteiger partial charge in [-0.2, -0.15) is 4.31 Å². The Kier molecular flexibility index (Phi) is 8.06. The zero-order valence-electron chi connectivity index (χ0n) is 20.0. The van der Waals surface area contributed by atoms with Crippen LogP contribution in [0.15, 0.2) is 71.6 Å². The molecule has 0 radical (unpaired) electrons. The number of benzene rings is 3. The fraction of sp³-hybridized carbons (Fsp3) is 0.308. The van der Waals surface area contributed by atoms with E-state index in [2.05, 4.69) is 5.32 Å². The predicted molar refractivity (Wildman–Crippen MR) is 134 cm³/mol. The molecule has 0 bridgehead atoms. The molecule has 0 aliphatic heterocycles. The number of hydrogen-bond donors (Lipinski definition) is 1. The highest BCUT2D eigenvalue weighted by Gasteiger charge is 2.30. The first-order chi connectivity index (χ1) is 16.1. The molecule has 8 heteroatoms. The van der Waals surface area contributed by atoms with Gasteiger partial charge in [0.25, 0.3) is 0 Å². The molecule has 0 fully saturated rings. The SMILES string of the molecule is CCNC(=O)[C@@H](C)N(Cc1cccc(C)c1)C(=O)CN(C)S(=O)(=O)c1ccc2ccccc2c1. The summed E-state index contributed by atoms with van der Waals surface area (Å²) in [6.45, 7) is 5.66. The lowest BCUT2D eigenvalue weighted by molar-refractivity contribution is -0.140. The van der Waals surface area contributed by atoms with Crippen molar-refractivity contribution in [2.45, 2.75) is 38.3 Å². The second-order valence-electron chi connectivity index (χ2n) is 8.35. The maximum Gasteiger partial charge on any atom is 0.243 e. The normalized spacial score (nSPS) is 12.5. The molecule has 1 N–H and O–H groups in total. The van der Waals surface area contributed by atoms with Crippen LogP contribution in [0.4, 0.5) is 0 Å². The van der Waals surface area contributed by atoms with E-state index in [9.17, 15) is 18.0 Å². The van der Waals surface area contributed by atoms with Gasteiger partial charge in [-0.15, -0.1) is 0 Å². The van der Waals surface area contributed by atoms with Crippen LogP contribution in [-0.4, -0.2) is 55.6 Å². The average molecular weight is 482 g/mol. The van der Waals surface area contributed by atoms with E-state index in [0.29, 0.717) is 6.54 Å². The molecular formula is C26H31N3O4S. The van der Waals surface area contributed by atoms with E-state index in [4.69, 9.17) is 0 Å². The van der Waals surface area contributed by atoms with Crippen LogP contribution in [0.25, 0.3) is 10.8 Å². The van der Waals surface area contributed by atoms with Crippen LogP contribution in [0, 0.1) is 6.92 Å². The first kappa shape index (κ1) is 25.4. The summed E-state index contributed by atoms with van der Waals surface area (Å²) in [4.78, 5) is 27.4. The molecule has 1 atom stereocenters. The molecule has 0 aromatic heterocycles. The van der Waals surface area contributed by atoms with Gasteiger partial charge < -0.3 is 10.2 Å². The number of nitrogens with one attached hydrogen (secondary N) is 1. The van der Waals surface area contributed by atoms with E-state index >= 15 is 0 Å². The van der Waals surface area contributed by atoms with Crippen molar-refractivity contribution in [2.75, 3.05) is 20.1 Å². The van der Waals surface area contributed by atoms with Crippen molar-refractivity contribution in [2.24, 2.45) is 0 Å². The van der Waals surface area contributed by atoms with Crippen molar-refractivity contribution in [3.63, 3.8) is 0 Å². The summed E-state index contributed by atoms with van der Waals surface area (Å²) in [6, 6.07) is 19.3. The van der Waals surface area contributed by atoms with Gasteiger partial charge in [0.2, 0.25) is 21.8 Å². The van der Waals surface area contributed by atoms with E-state index in [1.807, 2.05) is 55.5 Å². The predicted octanol–water partition coefficient (Wildman–Crippen LogP) is 3.32. The summed E-state index contributed by atoms with van der Waals surface area (Å²) in [5.41, 5.74) is 1.90. The molecule has 3 aromatic carbocycles. The minimum absolute atomic E-state index is 0.114. The maximum atomic E-state index is 13.3. The number of rotatable bonds is 9. The Balaban J connectivity index is 1.85. The van der Waals surface area contributed by atoms with Gasteiger partial charge in [-0.05, 0) is 49.2 Å². The molecule has 0 aliphatic carbocycles. The quantitative estimate of drug-likeness (QED) is 0.508. The van der Waals surface area contributed by atoms with E-state index in [-0.39, 0.29) is 23.9 Å². The molecule has 180 valence electrons. The number of fused-ring (bicyclic) bond motifs is 1. The van der Waals surface area contributed by atoms with Crippen molar-refractivity contribution < 1.29 is 18.0 Å². The molecule has 34 heavy (non-hydrogen) atoms. The number of carbonyl (C=O) groups excluding carboxylic acids is 2. The van der Waals surface area contributed by atoms with Gasteiger partial charge in [-0.3, -0.25) is 9.59 Å². The van der Waals surface area contributed by atoms with Crippen LogP contribution < -0.4 is 5.32 Å². The average Bonchev–Trinajstić information content (AvgIpc) is 2.81. The lowest BCUT2D eigenvalue weighted by Gasteiger charge is -2.30. The molecule has 0 aliphatic rings. The first-order valence-corrected chi connectivity index (χ1v) is 12.7. The fourth-order valence-electron chi connectivity index (χ4n) is 3.79. The minimum Gasteiger partial charge on any atom is -0.355 e. The highest BCUT2D eigenvalue weighted by Crippen LogP contribution is 2.22. The Hall–Kier alpha value is -3.23. The Labute approximate surface area is 201 Å². The summed E-state index contributed by atoms with van der Waals surface area (Å²) in [5.74, 6) is -0.740. The second kappa shape index (κ2) is 10.8. The lowest BCUT2D eigenvalue weighted by atomic mass is 10.1. The van der Waals surface area contributed by atoms with Crippen molar-refractivity contribution in [1.82, 2.24) is 14.5 Å². The largest absolute Gasteiger partial charge is 0.355 e. The zero-order valence-corrected chi connectivity index (χ0v) is 20.8. The zero-order chi connectivity index (χ0) is 24.9. The van der Waals surface area contributed by atoms with E-state index in [1.165, 1.54) is 11.9 Å². The number of carbonyl (C=O) groups is 2. The summed E-state index contributed by atoms with van der Waals surface area (Å²) >= 11 is 0. The standard InChI is InChI=1S/C26H31N3O4S/c1-5-27-26(31)20(3)29(17-21-10-8-9-19(2)15-21)25(30)18-28(4)34(32,33)24-14-13-22-11-6-7-12-23(22)16-24/h6-16,20H,5,17-18H2,1-4H3,(H,27,31)/t20-/m1/s1. The van der Waals surface area contributed by atoms with Gasteiger partial charge in [-0.1, -0.05) is 60.2 Å². The van der Waals surface area contributed by atoms with Gasteiger partial charge in [0.1, 0.15) is 6.04 Å². The lowest BCUT2D eigenvalue weighted by Crippen LogP contribution is -2.50. The van der Waals surface area contributed by atoms with Crippen molar-refractivity contribution in [1.29, 1.82) is 0 Å². The van der Waals surface area contributed by atoms with Gasteiger partial charge >= 0.3 is 0 Å². The van der Waals surface area contributed by atoms with Crippen LogP contribution >= 0.6 is 0 Å². The smallest absolute Gasteiger partial charge is 0.243 e. The third-order valence-electron chi connectivity index (χ3n) is 5.74. The molecule has 0 spiro atoms. The molecule has 3 aromatic rings. The Morgan fingerprint density at radius 3 is 2.35 bits per heavy atom. The molecule has 0 saturated heterocycles. The number of aryl methyl sites for hydroxylation is 1. The van der Waals surface area contributed by atoms with E-state index < -0.39 is 22.0 Å². The summed E-state index contributed by atoms with van der Waals surface area (Å²) in [7, 11) is -2.53. The number of nitrogens with zero attached hydrogens (tertiary/aromatic N) is 2. The third kappa shape index (κ3) is 5.81. The van der Waals surface area contributed by atoms with Gasteiger partial charge in [0.15, 0.2) is 0 Å². The van der Waals surface area contributed by atoms with Gasteiger partial charge in [-0.25, -0.2) is 8.42 Å². The molecule has 0 saturated carbocycles. The summed E-state index contributed by atoms with van der Waals surface area (Å²) in [5, 5.41) is 4.47. The van der Waals surface area contributed by atoms with Crippen molar-refractivity contribution in [3.05, 3.63) is 77.9 Å². The van der Waals surface area contributed by atoms with E-state index in [1.54, 1.807) is 32.0 Å². The highest BCUT2D eigenvalue weighted by atomic mass is 32.2. The van der Waals surface area contributed by atoms with Crippen LogP contribution in [0.5, 0.6) is 0 Å². The second-order valence-corrected chi connectivity index (χ2v) is 10.4. The number of amides is 2. The topological polar surface area (TPSA) is 86.8 Å². The first-order valence-electron chi connectivity index (χ1n) is 11.2. The molecule has 2 amide bonds. The van der Waals surface area contributed by atoms with Gasteiger partial charge in [0, 0.05) is 20.1 Å². The number of likely N-dealkylation sites (N-methyl/N-ethyl adjacent to an activating group) is 2. The monoisotopic (exact) mass is 481 g/mol. The highest BCUT2D eigenvalue weighted by molar-refractivity contribution is 7.89. The van der Waals surface area contributed by atoms with Crippen molar-refractivity contribution >= 4 is 32.6 Å². The molecule has 0 heterocycles. The van der Waals surface area contributed by atoms with Crippen LogP contribution in [0.1, 0.15) is 25.0 Å². The number of hydrogen-bond acceptors (Lipinski definition) is 4. The van der Waals surface area contributed by atoms with Crippen LogP contribution in [-0.2, 0) is 26.2 Å². The van der Waals surface area contributed by atoms with E-state index in [0.717, 1.165) is 26.2 Å². The Morgan fingerprint density at radius 2 is 1.68 bits per heavy atom. The minimum atomic E-state index is -3.91. The molecule has 7 nitrogen and oxygen atoms in total. The van der Waals surface area contributed by atoms with Crippen molar-refractivity contribution in [3.8, 4) is 0 Å². The Bertz CT molecular complexity index is 1290. The molecule has 3 rings (SSSR count). The third-order valence-corrected chi connectivity index (χ3v) is 7.54.